The van der Waals surface area contributed by atoms with Crippen LogP contribution in [-0.4, -0.2) is 132 Å². The molecule has 4 saturated carbocycles. The summed E-state index contributed by atoms with van der Waals surface area (Å²) in [6.07, 6.45) is -12.2. The Labute approximate surface area is 344 Å². The van der Waals surface area contributed by atoms with Crippen LogP contribution in [0, 0.1) is 50.2 Å². The lowest BCUT2D eigenvalue weighted by molar-refractivity contribution is -0.371. The van der Waals surface area contributed by atoms with Crippen molar-refractivity contribution in [2.45, 2.75) is 174 Å². The molecule has 6 fully saturated rings. The Hall–Kier alpha value is -2.58. The number of quaternary nitrogens is 1. The minimum Gasteiger partial charge on any atom is -0.481 e. The average molecular weight is 841 g/mol. The summed E-state index contributed by atoms with van der Waals surface area (Å²) in [6, 6.07) is 0. The number of carbonyl (C=O) groups excluding carboxylic acids is 1. The van der Waals surface area contributed by atoms with Gasteiger partial charge in [0.25, 0.3) is 0 Å². The van der Waals surface area contributed by atoms with Crippen molar-refractivity contribution < 1.29 is 79.0 Å². The van der Waals surface area contributed by atoms with Gasteiger partial charge in [-0.05, 0) is 110 Å². The lowest BCUT2D eigenvalue weighted by Gasteiger charge is -2.70. The number of aliphatic hydroxyl groups is 5. The summed E-state index contributed by atoms with van der Waals surface area (Å²) in [5.74, 6) is -4.47. The van der Waals surface area contributed by atoms with E-state index in [1.165, 1.54) is 0 Å². The minimum absolute atomic E-state index is 0. The first-order valence-electron chi connectivity index (χ1n) is 20.7. The molecule has 0 unspecified atom stereocenters. The topological polar surface area (TPSA) is 304 Å². The van der Waals surface area contributed by atoms with Crippen LogP contribution in [0.1, 0.15) is 106 Å². The van der Waals surface area contributed by atoms with Crippen LogP contribution in [0.25, 0.3) is 0 Å². The van der Waals surface area contributed by atoms with E-state index in [9.17, 15) is 60.0 Å². The summed E-state index contributed by atoms with van der Waals surface area (Å²) in [5.41, 5.74) is -1.81. The standard InChI is InChI=1S/C42H62O16.H3N/c1-37(2)21-8-11-42(7)31(20(43)16-18-19-17-39(4,36(53)54)13-12-38(19,3)14-15-41(18,42)6)40(21,5)10-9-22(37)55-35-30(26(47)25(46)29(57-35)33(51)52)58-34-27(48)23(44)24(45)28(56-34)32(49)50;/h16,19,21-31,34-35,44-48H,8-15,17H2,1-7H3,(H,49,50)(H,51,52)(H,53,54);1H3/p+1/t19-,21-,22-,23-,24-,25-,26-,27+,28-,29-,30+,31+,34-,35+,38+,39-,40-,41+,42+;/m0./s1. The summed E-state index contributed by atoms with van der Waals surface area (Å²) in [7, 11) is 0. The van der Waals surface area contributed by atoms with Crippen molar-refractivity contribution in [3.8, 4) is 0 Å². The van der Waals surface area contributed by atoms with Crippen LogP contribution in [0.3, 0.4) is 0 Å². The maximum Gasteiger partial charge on any atom is 0.335 e. The molecule has 0 aromatic rings. The molecule has 7 rings (SSSR count). The minimum atomic E-state index is -2.05. The summed E-state index contributed by atoms with van der Waals surface area (Å²) < 4.78 is 23.4. The first-order valence-corrected chi connectivity index (χ1v) is 20.7. The van der Waals surface area contributed by atoms with E-state index >= 15 is 0 Å². The third-order valence-electron chi connectivity index (χ3n) is 17.2. The second-order valence-corrected chi connectivity index (χ2v) is 20.6. The van der Waals surface area contributed by atoms with Gasteiger partial charge >= 0.3 is 17.9 Å². The largest absolute Gasteiger partial charge is 0.481 e. The molecule has 334 valence electrons. The quantitative estimate of drug-likeness (QED) is 0.166. The van der Waals surface area contributed by atoms with E-state index in [1.807, 2.05) is 26.8 Å². The maximum absolute atomic E-state index is 14.8. The highest BCUT2D eigenvalue weighted by atomic mass is 16.8. The Bertz CT molecular complexity index is 1740. The molecule has 17 heteroatoms. The second-order valence-electron chi connectivity index (χ2n) is 20.6. The van der Waals surface area contributed by atoms with Crippen LogP contribution in [-0.2, 0) is 38.1 Å². The Morgan fingerprint density at radius 3 is 1.86 bits per heavy atom. The molecule has 2 saturated heterocycles. The number of ketones is 1. The van der Waals surface area contributed by atoms with Crippen LogP contribution in [0.2, 0.25) is 0 Å². The molecule has 0 bridgehead atoms. The van der Waals surface area contributed by atoms with Crippen molar-refractivity contribution in [1.29, 1.82) is 0 Å². The maximum atomic E-state index is 14.8. The predicted molar refractivity (Wildman–Crippen MR) is 205 cm³/mol. The van der Waals surface area contributed by atoms with Crippen molar-refractivity contribution in [2.24, 2.45) is 50.2 Å². The van der Waals surface area contributed by atoms with Crippen LogP contribution in [0.5, 0.6) is 0 Å². The average Bonchev–Trinajstić information content (AvgIpc) is 3.13. The van der Waals surface area contributed by atoms with Gasteiger partial charge in [-0.15, -0.1) is 0 Å². The first-order chi connectivity index (χ1) is 26.8. The molecular formula is C42H66NO16+. The van der Waals surface area contributed by atoms with Crippen LogP contribution in [0.4, 0.5) is 0 Å². The Morgan fingerprint density at radius 2 is 1.27 bits per heavy atom. The summed E-state index contributed by atoms with van der Waals surface area (Å²) in [6.45, 7) is 14.8. The number of carboxylic acid groups (broad SMARTS) is 3. The molecule has 0 amide bonds. The van der Waals surface area contributed by atoms with Crippen molar-refractivity contribution in [2.75, 3.05) is 0 Å². The number of hydrogen-bond donors (Lipinski definition) is 9. The van der Waals surface area contributed by atoms with Crippen molar-refractivity contribution >= 4 is 23.7 Å². The van der Waals surface area contributed by atoms with Crippen LogP contribution >= 0.6 is 0 Å². The van der Waals surface area contributed by atoms with Gasteiger partial charge in [-0.3, -0.25) is 9.59 Å². The zero-order valence-corrected chi connectivity index (χ0v) is 35.4. The van der Waals surface area contributed by atoms with Gasteiger partial charge in [-0.2, -0.15) is 0 Å². The fraction of sp³-hybridized carbons (Fsp3) is 0.857. The molecule has 2 aliphatic heterocycles. The molecule has 17 nitrogen and oxygen atoms in total. The highest BCUT2D eigenvalue weighted by Crippen LogP contribution is 2.75. The fourth-order valence-electron chi connectivity index (χ4n) is 13.4. The monoisotopic (exact) mass is 840 g/mol. The number of rotatable bonds is 7. The normalized spacial score (nSPS) is 51.7. The lowest BCUT2D eigenvalue weighted by atomic mass is 9.33. The number of hydrogen-bond acceptors (Lipinski definition) is 13. The van der Waals surface area contributed by atoms with Gasteiger partial charge in [0.1, 0.15) is 36.6 Å². The number of carbonyl (C=O) groups is 4. The Balaban J connectivity index is 0.00000585. The number of fused-ring (bicyclic) bond motifs is 7. The predicted octanol–water partition coefficient (Wildman–Crippen LogP) is 2.62. The smallest absolute Gasteiger partial charge is 0.335 e. The molecule has 19 atom stereocenters. The summed E-state index contributed by atoms with van der Waals surface area (Å²) in [4.78, 5) is 51.3. The highest BCUT2D eigenvalue weighted by Gasteiger charge is 2.71. The van der Waals surface area contributed by atoms with E-state index in [-0.39, 0.29) is 40.5 Å². The first kappa shape index (κ1) is 45.9. The van der Waals surface area contributed by atoms with E-state index in [2.05, 4.69) is 27.7 Å². The fourth-order valence-corrected chi connectivity index (χ4v) is 13.4. The zero-order valence-electron chi connectivity index (χ0n) is 35.4. The number of aliphatic carboxylic acids is 3. The van der Waals surface area contributed by atoms with Crippen molar-refractivity contribution in [3.63, 3.8) is 0 Å². The molecule has 12 N–H and O–H groups in total. The van der Waals surface area contributed by atoms with Gasteiger partial charge in [0.15, 0.2) is 30.6 Å². The van der Waals surface area contributed by atoms with E-state index < -0.39 is 107 Å². The van der Waals surface area contributed by atoms with E-state index in [4.69, 9.17) is 18.9 Å². The molecular weight excluding hydrogens is 774 g/mol. The van der Waals surface area contributed by atoms with E-state index in [0.717, 1.165) is 37.7 Å². The SMILES string of the molecule is CC1(C)[C@@H](O[C@@H]2O[C@H](C(=O)O)[C@@H](O)[C@H](O)[C@H]2O[C@@H]2O[C@H](C(=O)O)[C@@H](O)[C@H](O)[C@H]2O)CC[C@]2(C)[C@H]3C(=O)C=C4[C@@H]5C[C@@](C)(C(=O)O)CC[C@]5(C)CC[C@@]4(C)[C@]3(C)CC[C@@H]12.[NH4+]. The number of allylic oxidation sites excluding steroid dienone is 2. The molecule has 7 aliphatic rings. The van der Waals surface area contributed by atoms with Crippen molar-refractivity contribution in [3.05, 3.63) is 11.6 Å². The molecule has 0 radical (unpaired) electrons. The third kappa shape index (κ3) is 6.72. The van der Waals surface area contributed by atoms with Crippen LogP contribution < -0.4 is 6.15 Å². The van der Waals surface area contributed by atoms with Gasteiger partial charge in [0.05, 0.1) is 11.5 Å². The van der Waals surface area contributed by atoms with Gasteiger partial charge < -0.3 is 66.0 Å². The third-order valence-corrected chi connectivity index (χ3v) is 17.2. The Kier molecular flexibility index (Phi) is 11.7. The number of carboxylic acids is 3. The van der Waals surface area contributed by atoms with Crippen LogP contribution in [0.15, 0.2) is 11.6 Å². The van der Waals surface area contributed by atoms with E-state index in [0.29, 0.717) is 25.7 Å². The van der Waals surface area contributed by atoms with E-state index in [1.54, 1.807) is 0 Å². The summed E-state index contributed by atoms with van der Waals surface area (Å²) in [5, 5.41) is 83.0. The molecule has 59 heavy (non-hydrogen) atoms. The summed E-state index contributed by atoms with van der Waals surface area (Å²) >= 11 is 0. The highest BCUT2D eigenvalue weighted by molar-refractivity contribution is 5.95. The van der Waals surface area contributed by atoms with Gasteiger partial charge in [0.2, 0.25) is 0 Å². The zero-order chi connectivity index (χ0) is 42.9. The molecule has 0 spiro atoms. The number of aliphatic hydroxyl groups excluding tert-OH is 5. The molecule has 5 aliphatic carbocycles. The molecule has 0 aromatic heterocycles. The molecule has 2 heterocycles. The second kappa shape index (κ2) is 15.1. The lowest BCUT2D eigenvalue weighted by Crippen LogP contribution is -2.68. The van der Waals surface area contributed by atoms with Gasteiger partial charge in [0, 0.05) is 5.92 Å². The van der Waals surface area contributed by atoms with Crippen molar-refractivity contribution in [1.82, 2.24) is 6.15 Å². The Morgan fingerprint density at radius 1 is 0.695 bits per heavy atom. The molecule has 0 aromatic carbocycles. The number of ether oxygens (including phenoxy) is 4. The van der Waals surface area contributed by atoms with Gasteiger partial charge in [-0.25, -0.2) is 9.59 Å². The van der Waals surface area contributed by atoms with Gasteiger partial charge in [-0.1, -0.05) is 47.1 Å².